The average Bonchev–Trinajstić information content (AvgIpc) is 3.30. The minimum Gasteiger partial charge on any atom is -0.378 e. The quantitative estimate of drug-likeness (QED) is 0.421. The lowest BCUT2D eigenvalue weighted by atomic mass is 10.1. The molecule has 0 radical (unpaired) electrons. The van der Waals surface area contributed by atoms with Gasteiger partial charge in [-0.1, -0.05) is 36.4 Å². The van der Waals surface area contributed by atoms with Crippen molar-refractivity contribution in [2.24, 2.45) is 0 Å². The number of nitrogens with zero attached hydrogens (tertiary/aromatic N) is 4. The van der Waals surface area contributed by atoms with Gasteiger partial charge >= 0.3 is 0 Å². The fourth-order valence-corrected chi connectivity index (χ4v) is 5.95. The van der Waals surface area contributed by atoms with Gasteiger partial charge in [-0.05, 0) is 24.3 Å². The number of hydrogen-bond donors (Lipinski definition) is 0. The highest BCUT2D eigenvalue weighted by molar-refractivity contribution is 7.90. The lowest BCUT2D eigenvalue weighted by Gasteiger charge is -2.28. The third kappa shape index (κ3) is 2.87. The van der Waals surface area contributed by atoms with Crippen LogP contribution in [-0.2, 0) is 14.8 Å². The molecule has 0 aliphatic carbocycles. The number of benzene rings is 2. The molecule has 0 amide bonds. The van der Waals surface area contributed by atoms with Gasteiger partial charge in [-0.3, -0.25) is 4.98 Å². The third-order valence-corrected chi connectivity index (χ3v) is 7.63. The Bertz CT molecular complexity index is 1580. The summed E-state index contributed by atoms with van der Waals surface area (Å²) in [5.41, 5.74) is 1.85. The standard InChI is InChI=1S/C24H20N4O3S/c29-32(30,21-9-3-5-17-6-4-11-25-22(17)21)28-12-10-19-23(28)18-7-1-2-8-20(18)26-24(19)27-13-15-31-16-14-27/h1-12H,13-16H2. The molecule has 1 fully saturated rings. The molecule has 32 heavy (non-hydrogen) atoms. The maximum Gasteiger partial charge on any atom is 0.270 e. The number of ether oxygens (including phenoxy) is 1. The van der Waals surface area contributed by atoms with Crippen LogP contribution in [0.4, 0.5) is 5.82 Å². The van der Waals surface area contributed by atoms with Crippen molar-refractivity contribution in [2.75, 3.05) is 31.2 Å². The molecule has 160 valence electrons. The summed E-state index contributed by atoms with van der Waals surface area (Å²) in [6.45, 7) is 2.67. The topological polar surface area (TPSA) is 77.3 Å². The number of fused-ring (bicyclic) bond motifs is 4. The van der Waals surface area contributed by atoms with E-state index < -0.39 is 10.0 Å². The summed E-state index contributed by atoms with van der Waals surface area (Å²) in [5, 5.41) is 2.38. The van der Waals surface area contributed by atoms with E-state index in [1.807, 2.05) is 42.5 Å². The Labute approximate surface area is 184 Å². The summed E-state index contributed by atoms with van der Waals surface area (Å²) in [4.78, 5) is 11.6. The zero-order valence-corrected chi connectivity index (χ0v) is 18.0. The van der Waals surface area contributed by atoms with Crippen molar-refractivity contribution in [1.82, 2.24) is 13.9 Å². The van der Waals surface area contributed by atoms with Crippen molar-refractivity contribution >= 4 is 48.5 Å². The molecule has 0 bridgehead atoms. The molecule has 0 spiro atoms. The smallest absolute Gasteiger partial charge is 0.270 e. The van der Waals surface area contributed by atoms with Crippen LogP contribution in [0.1, 0.15) is 0 Å². The first-order chi connectivity index (χ1) is 15.6. The molecule has 5 aromatic rings. The first-order valence-corrected chi connectivity index (χ1v) is 11.9. The fraction of sp³-hybridized carbons (Fsp3) is 0.167. The Morgan fingerprint density at radius 1 is 0.875 bits per heavy atom. The lowest BCUT2D eigenvalue weighted by Crippen LogP contribution is -2.36. The summed E-state index contributed by atoms with van der Waals surface area (Å²) in [6.07, 6.45) is 3.24. The van der Waals surface area contributed by atoms with Crippen LogP contribution in [0.3, 0.4) is 0 Å². The molecule has 0 saturated carbocycles. The van der Waals surface area contributed by atoms with Gasteiger partial charge in [-0.15, -0.1) is 0 Å². The number of pyridine rings is 2. The van der Waals surface area contributed by atoms with Crippen LogP contribution in [0.25, 0.3) is 32.7 Å². The summed E-state index contributed by atoms with van der Waals surface area (Å²) in [5.74, 6) is 0.784. The van der Waals surface area contributed by atoms with Crippen molar-refractivity contribution < 1.29 is 13.2 Å². The predicted octanol–water partition coefficient (Wildman–Crippen LogP) is 3.81. The molecular formula is C24H20N4O3S. The van der Waals surface area contributed by atoms with Crippen LogP contribution in [0.2, 0.25) is 0 Å². The van der Waals surface area contributed by atoms with E-state index in [1.165, 1.54) is 3.97 Å². The van der Waals surface area contributed by atoms with Crippen molar-refractivity contribution in [3.63, 3.8) is 0 Å². The Kier molecular flexibility index (Phi) is 4.38. The van der Waals surface area contributed by atoms with E-state index in [0.717, 1.165) is 27.5 Å². The van der Waals surface area contributed by atoms with E-state index in [0.29, 0.717) is 37.3 Å². The number of morpholine rings is 1. The van der Waals surface area contributed by atoms with Gasteiger partial charge in [0, 0.05) is 41.6 Å². The summed E-state index contributed by atoms with van der Waals surface area (Å²) >= 11 is 0. The van der Waals surface area contributed by atoms with E-state index in [1.54, 1.807) is 30.6 Å². The van der Waals surface area contributed by atoms with Crippen LogP contribution in [-0.4, -0.2) is 48.7 Å². The highest BCUT2D eigenvalue weighted by Gasteiger charge is 2.26. The molecule has 1 aliphatic heterocycles. The molecule has 7 nitrogen and oxygen atoms in total. The minimum atomic E-state index is -3.90. The van der Waals surface area contributed by atoms with Crippen molar-refractivity contribution in [1.29, 1.82) is 0 Å². The van der Waals surface area contributed by atoms with Crippen LogP contribution >= 0.6 is 0 Å². The molecule has 2 aromatic carbocycles. The van der Waals surface area contributed by atoms with Gasteiger partial charge in [-0.2, -0.15) is 0 Å². The molecule has 4 heterocycles. The zero-order valence-electron chi connectivity index (χ0n) is 17.2. The van der Waals surface area contributed by atoms with Gasteiger partial charge < -0.3 is 9.64 Å². The first-order valence-electron chi connectivity index (χ1n) is 10.5. The third-order valence-electron chi connectivity index (χ3n) is 5.92. The molecular weight excluding hydrogens is 424 g/mol. The monoisotopic (exact) mass is 444 g/mol. The van der Waals surface area contributed by atoms with Gasteiger partial charge in [0.05, 0.1) is 29.8 Å². The summed E-state index contributed by atoms with van der Waals surface area (Å²) < 4.78 is 34.7. The second-order valence-corrected chi connectivity index (χ2v) is 9.55. The van der Waals surface area contributed by atoms with Crippen LogP contribution in [0.5, 0.6) is 0 Å². The van der Waals surface area contributed by atoms with Crippen molar-refractivity contribution in [3.05, 3.63) is 73.1 Å². The van der Waals surface area contributed by atoms with Crippen molar-refractivity contribution in [3.8, 4) is 0 Å². The molecule has 1 saturated heterocycles. The Morgan fingerprint density at radius 2 is 1.69 bits per heavy atom. The Balaban J connectivity index is 1.66. The molecule has 0 unspecified atom stereocenters. The highest BCUT2D eigenvalue weighted by atomic mass is 32.2. The van der Waals surface area contributed by atoms with Gasteiger partial charge in [-0.25, -0.2) is 17.4 Å². The Morgan fingerprint density at radius 3 is 2.56 bits per heavy atom. The van der Waals surface area contributed by atoms with Crippen LogP contribution in [0, 0.1) is 0 Å². The molecule has 0 atom stereocenters. The minimum absolute atomic E-state index is 0.182. The van der Waals surface area contributed by atoms with E-state index >= 15 is 0 Å². The van der Waals surface area contributed by atoms with E-state index in [2.05, 4.69) is 9.88 Å². The first kappa shape index (κ1) is 19.2. The second-order valence-electron chi connectivity index (χ2n) is 7.76. The maximum absolute atomic E-state index is 13.9. The molecule has 3 aromatic heterocycles. The molecule has 1 aliphatic rings. The van der Waals surface area contributed by atoms with Crippen LogP contribution in [0.15, 0.2) is 78.0 Å². The summed E-state index contributed by atoms with van der Waals surface area (Å²) in [6, 6.07) is 18.4. The highest BCUT2D eigenvalue weighted by Crippen LogP contribution is 2.35. The van der Waals surface area contributed by atoms with Crippen molar-refractivity contribution in [2.45, 2.75) is 4.90 Å². The van der Waals surface area contributed by atoms with E-state index in [9.17, 15) is 8.42 Å². The van der Waals surface area contributed by atoms with E-state index in [4.69, 9.17) is 9.72 Å². The van der Waals surface area contributed by atoms with Gasteiger partial charge in [0.15, 0.2) is 0 Å². The Hall–Kier alpha value is -3.49. The number of aromatic nitrogens is 3. The number of hydrogen-bond acceptors (Lipinski definition) is 6. The zero-order chi connectivity index (χ0) is 21.7. The fourth-order valence-electron chi connectivity index (χ4n) is 4.41. The van der Waals surface area contributed by atoms with Gasteiger partial charge in [0.1, 0.15) is 10.7 Å². The second kappa shape index (κ2) is 7.29. The predicted molar refractivity (Wildman–Crippen MR) is 125 cm³/mol. The van der Waals surface area contributed by atoms with Crippen LogP contribution < -0.4 is 4.90 Å². The molecule has 8 heteroatoms. The largest absolute Gasteiger partial charge is 0.378 e. The maximum atomic E-state index is 13.9. The molecule has 0 N–H and O–H groups in total. The number of para-hydroxylation sites is 2. The lowest BCUT2D eigenvalue weighted by molar-refractivity contribution is 0.122. The summed E-state index contributed by atoms with van der Waals surface area (Å²) in [7, 11) is -3.90. The normalized spacial score (nSPS) is 15.1. The van der Waals surface area contributed by atoms with E-state index in [-0.39, 0.29) is 4.90 Å². The average molecular weight is 445 g/mol. The molecule has 6 rings (SSSR count). The van der Waals surface area contributed by atoms with Gasteiger partial charge in [0.25, 0.3) is 10.0 Å². The van der Waals surface area contributed by atoms with Gasteiger partial charge in [0.2, 0.25) is 0 Å². The number of rotatable bonds is 3. The number of anilines is 1. The SMILES string of the molecule is O=S(=O)(c1cccc2cccnc12)n1ccc2c(N3CCOCC3)nc3ccccc3c21.